The summed E-state index contributed by atoms with van der Waals surface area (Å²) in [4.78, 5) is 32.9. The number of hydrogen-bond acceptors (Lipinski definition) is 5. The average Bonchev–Trinajstić information content (AvgIpc) is 3.42. The van der Waals surface area contributed by atoms with Crippen LogP contribution in [0.15, 0.2) is 24.4 Å². The number of nitrogens with one attached hydrogen (secondary N) is 3. The number of hydrogen-bond donors (Lipinski definition) is 3. The minimum absolute atomic E-state index is 0.105. The second kappa shape index (κ2) is 12.7. The molecule has 2 aliphatic rings. The zero-order chi connectivity index (χ0) is 28.8. The average molecular weight is 570 g/mol. The highest BCUT2D eigenvalue weighted by atomic mass is 19.4. The lowest BCUT2D eigenvalue weighted by atomic mass is 9.97. The van der Waals surface area contributed by atoms with Gasteiger partial charge in [-0.2, -0.15) is 23.1 Å². The third-order valence-electron chi connectivity index (χ3n) is 6.61. The molecule has 9 nitrogen and oxygen atoms in total. The molecule has 0 spiro atoms. The zero-order valence-corrected chi connectivity index (χ0v) is 21.9. The molecule has 14 heteroatoms. The number of amides is 2. The molecule has 2 amide bonds. The van der Waals surface area contributed by atoms with Crippen LogP contribution in [-0.2, 0) is 24.4 Å². The summed E-state index contributed by atoms with van der Waals surface area (Å²) in [6.07, 6.45) is 0.327. The number of carbonyl (C=O) groups is 2. The van der Waals surface area contributed by atoms with Crippen LogP contribution < -0.4 is 10.6 Å². The Labute approximate surface area is 227 Å². The van der Waals surface area contributed by atoms with E-state index in [1.807, 2.05) is 0 Å². The van der Waals surface area contributed by atoms with Crippen LogP contribution in [0.25, 0.3) is 11.0 Å². The highest BCUT2D eigenvalue weighted by Crippen LogP contribution is 2.32. The van der Waals surface area contributed by atoms with Gasteiger partial charge in [0.25, 0.3) is 5.91 Å². The number of aromatic nitrogens is 5. The van der Waals surface area contributed by atoms with E-state index in [2.05, 4.69) is 30.8 Å². The summed E-state index contributed by atoms with van der Waals surface area (Å²) in [5.74, 6) is -2.20. The largest absolute Gasteiger partial charge is 0.389 e. The molecule has 0 atom stereocenters. The quantitative estimate of drug-likeness (QED) is 0.312. The van der Waals surface area contributed by atoms with Gasteiger partial charge in [-0.1, -0.05) is 12.5 Å². The van der Waals surface area contributed by atoms with E-state index in [9.17, 15) is 31.5 Å². The van der Waals surface area contributed by atoms with Crippen molar-refractivity contribution >= 4 is 22.8 Å². The normalized spacial score (nSPS) is 16.7. The monoisotopic (exact) mass is 569 g/mol. The smallest absolute Gasteiger partial charge is 0.352 e. The summed E-state index contributed by atoms with van der Waals surface area (Å²) < 4.78 is 61.0. The number of benzene rings is 1. The zero-order valence-electron chi connectivity index (χ0n) is 21.9. The van der Waals surface area contributed by atoms with Crippen LogP contribution in [0.4, 0.5) is 22.0 Å². The van der Waals surface area contributed by atoms with Gasteiger partial charge in [0.15, 0.2) is 5.69 Å². The van der Waals surface area contributed by atoms with Crippen molar-refractivity contribution in [2.24, 2.45) is 5.92 Å². The lowest BCUT2D eigenvalue weighted by Gasteiger charge is -2.20. The van der Waals surface area contributed by atoms with Gasteiger partial charge in [-0.15, -0.1) is 5.10 Å². The Morgan fingerprint density at radius 3 is 2.48 bits per heavy atom. The van der Waals surface area contributed by atoms with Gasteiger partial charge < -0.3 is 15.6 Å². The van der Waals surface area contributed by atoms with Crippen LogP contribution in [0.2, 0.25) is 0 Å². The lowest BCUT2D eigenvalue weighted by Crippen LogP contribution is -2.24. The second-order valence-electron chi connectivity index (χ2n) is 10.3. The second-order valence-corrected chi connectivity index (χ2v) is 10.3. The number of halogens is 5. The summed E-state index contributed by atoms with van der Waals surface area (Å²) in [7, 11) is 0. The molecule has 40 heavy (non-hydrogen) atoms. The number of alkyl halides is 5. The molecular weight excluding hydrogens is 537 g/mol. The fraction of sp³-hybridized carbons (Fsp3) is 0.577. The molecule has 0 aliphatic heterocycles. The molecule has 2 aromatic heterocycles. The predicted molar refractivity (Wildman–Crippen MR) is 135 cm³/mol. The maximum absolute atomic E-state index is 12.3. The van der Waals surface area contributed by atoms with Crippen molar-refractivity contribution < 1.29 is 31.5 Å². The molecule has 218 valence electrons. The van der Waals surface area contributed by atoms with Gasteiger partial charge >= 0.3 is 6.18 Å². The third-order valence-corrected chi connectivity index (χ3v) is 6.61. The van der Waals surface area contributed by atoms with Gasteiger partial charge in [0, 0.05) is 25.8 Å². The van der Waals surface area contributed by atoms with E-state index in [1.54, 1.807) is 18.2 Å². The predicted octanol–water partition coefficient (Wildman–Crippen LogP) is 5.04. The van der Waals surface area contributed by atoms with Crippen LogP contribution in [0.1, 0.15) is 79.7 Å². The van der Waals surface area contributed by atoms with E-state index in [0.717, 1.165) is 13.0 Å². The van der Waals surface area contributed by atoms with Crippen molar-refractivity contribution in [1.29, 1.82) is 0 Å². The highest BCUT2D eigenvalue weighted by molar-refractivity contribution is 5.91. The standard InChI is InChI=1S/C20H22F3N7O2.C6H10F2/c21-20(22,23)6-5-18(31)24-8-13-3-4-14-15(7-13)28-17(27-14)10-25-19(32)16-9-26-30(29-16)11-12-1-2-12;7-6(8)4-2-1-3-5-6/h3-4,7,9,12H,1-2,5-6,8,10-11H2,(H,24,31)(H,25,32)(H,27,28);1-5H2. The van der Waals surface area contributed by atoms with Gasteiger partial charge in [-0.3, -0.25) is 9.59 Å². The van der Waals surface area contributed by atoms with Gasteiger partial charge in [0.05, 0.1) is 36.7 Å². The molecule has 5 rings (SSSR count). The Morgan fingerprint density at radius 1 is 1.07 bits per heavy atom. The Morgan fingerprint density at radius 2 is 1.82 bits per heavy atom. The minimum atomic E-state index is -4.36. The van der Waals surface area contributed by atoms with Crippen LogP contribution in [0.5, 0.6) is 0 Å². The molecule has 2 fully saturated rings. The number of rotatable bonds is 9. The molecule has 0 saturated heterocycles. The van der Waals surface area contributed by atoms with Crippen molar-refractivity contribution in [2.45, 2.75) is 89.5 Å². The highest BCUT2D eigenvalue weighted by Gasteiger charge is 2.30. The van der Waals surface area contributed by atoms with Crippen LogP contribution in [-0.4, -0.2) is 48.9 Å². The molecule has 2 heterocycles. The first kappa shape index (κ1) is 29.4. The first-order valence-corrected chi connectivity index (χ1v) is 13.3. The van der Waals surface area contributed by atoms with E-state index in [-0.39, 0.29) is 37.5 Å². The Balaban J connectivity index is 0.000000398. The Kier molecular flexibility index (Phi) is 9.36. The number of fused-ring (bicyclic) bond motifs is 1. The van der Waals surface area contributed by atoms with E-state index in [0.29, 0.717) is 41.2 Å². The number of aromatic amines is 1. The maximum atomic E-state index is 12.3. The molecule has 3 aromatic rings. The number of carbonyl (C=O) groups excluding carboxylic acids is 2. The van der Waals surface area contributed by atoms with Crippen molar-refractivity contribution in [3.63, 3.8) is 0 Å². The minimum Gasteiger partial charge on any atom is -0.352 e. The molecule has 0 bridgehead atoms. The van der Waals surface area contributed by atoms with E-state index in [4.69, 9.17) is 0 Å². The topological polar surface area (TPSA) is 118 Å². The van der Waals surface area contributed by atoms with Crippen molar-refractivity contribution in [3.8, 4) is 0 Å². The molecule has 2 aliphatic carbocycles. The SMILES string of the molecule is FC1(F)CCCCC1.O=C(CCC(F)(F)F)NCc1ccc2nc(CNC(=O)c3cnn(CC4CC4)n3)[nH]c2c1. The summed E-state index contributed by atoms with van der Waals surface area (Å²) in [5.41, 5.74) is 2.30. The summed E-state index contributed by atoms with van der Waals surface area (Å²) in [6, 6.07) is 5.22. The Hall–Kier alpha value is -3.58. The molecule has 0 radical (unpaired) electrons. The number of H-pyrrole nitrogens is 1. The van der Waals surface area contributed by atoms with Crippen LogP contribution >= 0.6 is 0 Å². The molecule has 1 aromatic carbocycles. The van der Waals surface area contributed by atoms with E-state index in [1.165, 1.54) is 23.8 Å². The number of nitrogens with zero attached hydrogens (tertiary/aromatic N) is 4. The van der Waals surface area contributed by atoms with Gasteiger partial charge in [-0.25, -0.2) is 13.8 Å². The molecule has 2 saturated carbocycles. The van der Waals surface area contributed by atoms with Gasteiger partial charge in [0.1, 0.15) is 5.82 Å². The van der Waals surface area contributed by atoms with Gasteiger partial charge in [-0.05, 0) is 49.3 Å². The van der Waals surface area contributed by atoms with Crippen LogP contribution in [0.3, 0.4) is 0 Å². The fourth-order valence-electron chi connectivity index (χ4n) is 4.19. The number of imidazole rings is 1. The Bertz CT molecular complexity index is 1290. The van der Waals surface area contributed by atoms with Crippen molar-refractivity contribution in [3.05, 3.63) is 41.5 Å². The first-order valence-electron chi connectivity index (χ1n) is 13.3. The van der Waals surface area contributed by atoms with Crippen LogP contribution in [0, 0.1) is 5.92 Å². The molecule has 3 N–H and O–H groups in total. The van der Waals surface area contributed by atoms with E-state index < -0.39 is 30.8 Å². The fourth-order valence-corrected chi connectivity index (χ4v) is 4.19. The van der Waals surface area contributed by atoms with Gasteiger partial charge in [0.2, 0.25) is 11.8 Å². The third kappa shape index (κ3) is 9.56. The lowest BCUT2D eigenvalue weighted by molar-refractivity contribution is -0.144. The van der Waals surface area contributed by atoms with Crippen molar-refractivity contribution in [2.75, 3.05) is 0 Å². The molecule has 0 unspecified atom stereocenters. The summed E-state index contributed by atoms with van der Waals surface area (Å²) in [5, 5.41) is 13.5. The first-order chi connectivity index (χ1) is 19.0. The maximum Gasteiger partial charge on any atom is 0.389 e. The van der Waals surface area contributed by atoms with E-state index >= 15 is 0 Å². The summed E-state index contributed by atoms with van der Waals surface area (Å²) >= 11 is 0. The van der Waals surface area contributed by atoms with Crippen molar-refractivity contribution in [1.82, 2.24) is 35.6 Å². The summed E-state index contributed by atoms with van der Waals surface area (Å²) in [6.45, 7) is 0.989. The molecular formula is C26H32F5N7O2.